The number of carbonyl (C=O) groups is 3. The molecule has 0 aromatic heterocycles. The summed E-state index contributed by atoms with van der Waals surface area (Å²) in [4.78, 5) is 38.3. The SMILES string of the molecule is CCCC/C=C\C/C=C\CCCCCCCC(=O)OCC(COC(=O)CCCCCCCCCCCCCCC/C=C\CCCCCCCCCC)OC(=O)CCCCCCCCC/C=C\C/C=C\CCCCCC. The molecule has 0 amide bonds. The fraction of sp³-hybridized carbons (Fsp3) is 0.812. The molecule has 1 unspecified atom stereocenters. The Morgan fingerprint density at radius 3 is 0.800 bits per heavy atom. The fourth-order valence-electron chi connectivity index (χ4n) is 9.49. The van der Waals surface area contributed by atoms with Crippen LogP contribution in [0.25, 0.3) is 0 Å². The Balaban J connectivity index is 4.30. The molecule has 0 saturated carbocycles. The first-order valence-electron chi connectivity index (χ1n) is 32.8. The molecule has 0 aliphatic heterocycles. The highest BCUT2D eigenvalue weighted by molar-refractivity contribution is 5.71. The van der Waals surface area contributed by atoms with E-state index in [1.807, 2.05) is 0 Å². The van der Waals surface area contributed by atoms with Crippen LogP contribution >= 0.6 is 0 Å². The van der Waals surface area contributed by atoms with Crippen LogP contribution in [-0.4, -0.2) is 37.2 Å². The second-order valence-corrected chi connectivity index (χ2v) is 22.0. The third kappa shape index (κ3) is 61.8. The number of hydrogen-bond donors (Lipinski definition) is 0. The van der Waals surface area contributed by atoms with Gasteiger partial charge in [0.15, 0.2) is 6.10 Å². The van der Waals surface area contributed by atoms with Crippen LogP contribution in [0.5, 0.6) is 0 Å². The minimum atomic E-state index is -0.785. The summed E-state index contributed by atoms with van der Waals surface area (Å²) < 4.78 is 16.9. The molecule has 0 aliphatic carbocycles. The van der Waals surface area contributed by atoms with Crippen molar-refractivity contribution in [3.63, 3.8) is 0 Å². The van der Waals surface area contributed by atoms with Crippen molar-refractivity contribution < 1.29 is 28.6 Å². The highest BCUT2D eigenvalue weighted by Gasteiger charge is 2.19. The molecule has 0 rings (SSSR count). The lowest BCUT2D eigenvalue weighted by Crippen LogP contribution is -2.30. The van der Waals surface area contributed by atoms with Gasteiger partial charge in [-0.3, -0.25) is 14.4 Å². The van der Waals surface area contributed by atoms with Gasteiger partial charge in [-0.1, -0.05) is 281 Å². The molecule has 75 heavy (non-hydrogen) atoms. The number of rotatable bonds is 60. The van der Waals surface area contributed by atoms with Crippen LogP contribution in [0.15, 0.2) is 60.8 Å². The van der Waals surface area contributed by atoms with Gasteiger partial charge < -0.3 is 14.2 Å². The highest BCUT2D eigenvalue weighted by atomic mass is 16.6. The van der Waals surface area contributed by atoms with Gasteiger partial charge in [-0.15, -0.1) is 0 Å². The van der Waals surface area contributed by atoms with Crippen molar-refractivity contribution in [2.45, 2.75) is 348 Å². The highest BCUT2D eigenvalue weighted by Crippen LogP contribution is 2.17. The van der Waals surface area contributed by atoms with Gasteiger partial charge >= 0.3 is 17.9 Å². The lowest BCUT2D eigenvalue weighted by Gasteiger charge is -2.18. The smallest absolute Gasteiger partial charge is 0.306 e. The number of esters is 3. The van der Waals surface area contributed by atoms with Crippen LogP contribution in [0, 0.1) is 0 Å². The third-order valence-corrected chi connectivity index (χ3v) is 14.5. The summed E-state index contributed by atoms with van der Waals surface area (Å²) in [6, 6.07) is 0. The topological polar surface area (TPSA) is 78.9 Å². The summed E-state index contributed by atoms with van der Waals surface area (Å²) in [5, 5.41) is 0. The Bertz CT molecular complexity index is 1340. The van der Waals surface area contributed by atoms with E-state index in [9.17, 15) is 14.4 Å². The van der Waals surface area contributed by atoms with Gasteiger partial charge in [0.2, 0.25) is 0 Å². The first-order chi connectivity index (χ1) is 37.0. The molecule has 0 aromatic rings. The lowest BCUT2D eigenvalue weighted by molar-refractivity contribution is -0.167. The zero-order valence-corrected chi connectivity index (χ0v) is 50.1. The number of unbranched alkanes of at least 4 members (excludes halogenated alkanes) is 39. The monoisotopic (exact) mass is 1050 g/mol. The number of ether oxygens (including phenoxy) is 3. The zero-order chi connectivity index (χ0) is 54.3. The van der Waals surface area contributed by atoms with Gasteiger partial charge in [-0.2, -0.15) is 0 Å². The van der Waals surface area contributed by atoms with Gasteiger partial charge in [0.25, 0.3) is 0 Å². The predicted molar refractivity (Wildman–Crippen MR) is 325 cm³/mol. The van der Waals surface area contributed by atoms with E-state index in [1.54, 1.807) is 0 Å². The summed E-state index contributed by atoms with van der Waals surface area (Å²) in [7, 11) is 0. The van der Waals surface area contributed by atoms with Crippen molar-refractivity contribution in [3.05, 3.63) is 60.8 Å². The molecule has 0 radical (unpaired) electrons. The molecule has 0 aromatic carbocycles. The average molecular weight is 1050 g/mol. The van der Waals surface area contributed by atoms with E-state index >= 15 is 0 Å². The summed E-state index contributed by atoms with van der Waals surface area (Å²) >= 11 is 0. The zero-order valence-electron chi connectivity index (χ0n) is 50.1. The Morgan fingerprint density at radius 2 is 0.493 bits per heavy atom. The second-order valence-electron chi connectivity index (χ2n) is 22.0. The number of carbonyl (C=O) groups excluding carboxylic acids is 3. The maximum atomic E-state index is 12.9. The molecule has 0 saturated heterocycles. The molecule has 6 heteroatoms. The number of allylic oxidation sites excluding steroid dienone is 10. The van der Waals surface area contributed by atoms with E-state index in [0.717, 1.165) is 89.9 Å². The van der Waals surface area contributed by atoms with E-state index in [1.165, 1.54) is 212 Å². The quantitative estimate of drug-likeness (QED) is 0.0261. The molecule has 0 aliphatic rings. The Labute approximate surface area is 466 Å². The third-order valence-electron chi connectivity index (χ3n) is 14.5. The van der Waals surface area contributed by atoms with Crippen molar-refractivity contribution in [3.8, 4) is 0 Å². The van der Waals surface area contributed by atoms with Gasteiger partial charge in [-0.25, -0.2) is 0 Å². The standard InChI is InChI=1S/C69H124O6/c1-4-7-10-13-16-19-22-25-28-30-32-33-34-35-36-37-38-40-41-44-47-50-53-56-59-62-68(71)74-65-66(64-73-67(70)61-58-55-52-49-46-43-27-24-21-18-15-12-9-6-3)75-69(72)63-60-57-54-51-48-45-42-39-31-29-26-23-20-17-14-11-8-5-2/h15,18,20,23-24,27,29-32,66H,4-14,16-17,19,21-22,25-26,28,33-65H2,1-3H3/b18-15-,23-20-,27-24-,31-29-,32-30-. The summed E-state index contributed by atoms with van der Waals surface area (Å²) in [5.74, 6) is -0.886. The predicted octanol–water partition coefficient (Wildman–Crippen LogP) is 22.3. The minimum absolute atomic E-state index is 0.0801. The van der Waals surface area contributed by atoms with Crippen LogP contribution in [0.1, 0.15) is 342 Å². The van der Waals surface area contributed by atoms with Crippen LogP contribution in [-0.2, 0) is 28.6 Å². The van der Waals surface area contributed by atoms with Crippen molar-refractivity contribution in [2.24, 2.45) is 0 Å². The van der Waals surface area contributed by atoms with Crippen molar-refractivity contribution in [1.29, 1.82) is 0 Å². The van der Waals surface area contributed by atoms with Gasteiger partial charge in [0.1, 0.15) is 13.2 Å². The Hall–Kier alpha value is -2.89. The van der Waals surface area contributed by atoms with Crippen molar-refractivity contribution >= 4 is 17.9 Å². The van der Waals surface area contributed by atoms with Crippen molar-refractivity contribution in [2.75, 3.05) is 13.2 Å². The molecule has 1 atom stereocenters. The van der Waals surface area contributed by atoms with Crippen LogP contribution < -0.4 is 0 Å². The fourth-order valence-corrected chi connectivity index (χ4v) is 9.49. The van der Waals surface area contributed by atoms with Crippen LogP contribution in [0.3, 0.4) is 0 Å². The van der Waals surface area contributed by atoms with E-state index in [4.69, 9.17) is 14.2 Å². The maximum absolute atomic E-state index is 12.9. The van der Waals surface area contributed by atoms with Crippen LogP contribution in [0.4, 0.5) is 0 Å². The largest absolute Gasteiger partial charge is 0.462 e. The molecular weight excluding hydrogens is 925 g/mol. The average Bonchev–Trinajstić information content (AvgIpc) is 3.41. The summed E-state index contributed by atoms with van der Waals surface area (Å²) in [5.41, 5.74) is 0. The maximum Gasteiger partial charge on any atom is 0.306 e. The lowest BCUT2D eigenvalue weighted by atomic mass is 10.0. The minimum Gasteiger partial charge on any atom is -0.462 e. The normalized spacial score (nSPS) is 12.4. The second kappa shape index (κ2) is 63.6. The van der Waals surface area contributed by atoms with E-state index in [0.29, 0.717) is 19.3 Å². The number of hydrogen-bond acceptors (Lipinski definition) is 6. The molecule has 0 bridgehead atoms. The molecule has 436 valence electrons. The molecule has 6 nitrogen and oxygen atoms in total. The molecule has 0 fully saturated rings. The molecule has 0 N–H and O–H groups in total. The van der Waals surface area contributed by atoms with Gasteiger partial charge in [0, 0.05) is 19.3 Å². The van der Waals surface area contributed by atoms with E-state index in [2.05, 4.69) is 81.5 Å². The first kappa shape index (κ1) is 72.1. The summed E-state index contributed by atoms with van der Waals surface area (Å²) in [6.07, 6.45) is 80.9. The Kier molecular flexibility index (Phi) is 61.2. The molecular formula is C69H124O6. The Morgan fingerprint density at radius 1 is 0.267 bits per heavy atom. The van der Waals surface area contributed by atoms with Gasteiger partial charge in [0.05, 0.1) is 0 Å². The summed E-state index contributed by atoms with van der Waals surface area (Å²) in [6.45, 7) is 6.61. The van der Waals surface area contributed by atoms with Crippen LogP contribution in [0.2, 0.25) is 0 Å². The molecule has 0 heterocycles. The van der Waals surface area contributed by atoms with Gasteiger partial charge in [-0.05, 0) is 103 Å². The molecule has 0 spiro atoms. The van der Waals surface area contributed by atoms with E-state index in [-0.39, 0.29) is 31.1 Å². The van der Waals surface area contributed by atoms with E-state index < -0.39 is 6.10 Å². The first-order valence-corrected chi connectivity index (χ1v) is 32.8. The van der Waals surface area contributed by atoms with Crippen molar-refractivity contribution in [1.82, 2.24) is 0 Å².